The van der Waals surface area contributed by atoms with Crippen LogP contribution >= 0.6 is 24.0 Å². The lowest BCUT2D eigenvalue weighted by molar-refractivity contribution is -0.122. The van der Waals surface area contributed by atoms with E-state index in [9.17, 15) is 9.59 Å². The quantitative estimate of drug-likeness (QED) is 0.435. The number of hydrogen-bond donors (Lipinski definition) is 1. The van der Waals surface area contributed by atoms with Gasteiger partial charge < -0.3 is 14.8 Å². The van der Waals surface area contributed by atoms with Gasteiger partial charge in [0.05, 0.1) is 23.8 Å². The molecule has 0 radical (unpaired) electrons. The summed E-state index contributed by atoms with van der Waals surface area (Å²) < 4.78 is 11.4. The summed E-state index contributed by atoms with van der Waals surface area (Å²) in [7, 11) is 0. The van der Waals surface area contributed by atoms with Crippen LogP contribution in [0.25, 0.3) is 6.08 Å². The SMILES string of the molecule is CCOc1ccc(C=C2SC(=S)N(CCC(=O)Nc3ccccc3OCC)C2=O)cc1. The third-order valence-electron chi connectivity index (χ3n) is 4.39. The number of nitrogens with zero attached hydrogens (tertiary/aromatic N) is 1. The number of thiocarbonyl (C=S) groups is 1. The zero-order valence-electron chi connectivity index (χ0n) is 17.4. The van der Waals surface area contributed by atoms with Crippen molar-refractivity contribution >= 4 is 51.9 Å². The Bertz CT molecular complexity index is 989. The Morgan fingerprint density at radius 3 is 2.52 bits per heavy atom. The molecule has 1 saturated heterocycles. The normalized spacial score (nSPS) is 14.8. The van der Waals surface area contributed by atoms with Crippen molar-refractivity contribution < 1.29 is 19.1 Å². The van der Waals surface area contributed by atoms with Crippen molar-refractivity contribution in [1.29, 1.82) is 0 Å². The van der Waals surface area contributed by atoms with Crippen LogP contribution in [0.5, 0.6) is 11.5 Å². The van der Waals surface area contributed by atoms with Gasteiger partial charge in [-0.2, -0.15) is 0 Å². The second-order valence-corrected chi connectivity index (χ2v) is 8.24. The van der Waals surface area contributed by atoms with E-state index >= 15 is 0 Å². The minimum atomic E-state index is -0.211. The molecule has 6 nitrogen and oxygen atoms in total. The predicted molar refractivity (Wildman–Crippen MR) is 128 cm³/mol. The summed E-state index contributed by atoms with van der Waals surface area (Å²) in [6, 6.07) is 14.8. The van der Waals surface area contributed by atoms with Crippen LogP contribution < -0.4 is 14.8 Å². The van der Waals surface area contributed by atoms with E-state index < -0.39 is 0 Å². The van der Waals surface area contributed by atoms with Gasteiger partial charge in [0.2, 0.25) is 5.91 Å². The second-order valence-electron chi connectivity index (χ2n) is 6.56. The predicted octanol–water partition coefficient (Wildman–Crippen LogP) is 4.71. The molecule has 0 saturated carbocycles. The van der Waals surface area contributed by atoms with Gasteiger partial charge in [0.25, 0.3) is 5.91 Å². The lowest BCUT2D eigenvalue weighted by Gasteiger charge is -2.15. The molecule has 0 atom stereocenters. The highest BCUT2D eigenvalue weighted by Gasteiger charge is 2.32. The summed E-state index contributed by atoms with van der Waals surface area (Å²) in [5.74, 6) is 0.995. The first-order valence-electron chi connectivity index (χ1n) is 10.0. The average molecular weight is 457 g/mol. The van der Waals surface area contributed by atoms with Crippen molar-refractivity contribution in [1.82, 2.24) is 4.90 Å². The molecule has 8 heteroatoms. The minimum absolute atomic E-state index is 0.128. The molecule has 0 unspecified atom stereocenters. The summed E-state index contributed by atoms with van der Waals surface area (Å²) in [5, 5.41) is 2.84. The van der Waals surface area contributed by atoms with Gasteiger partial charge in [-0.25, -0.2) is 0 Å². The maximum Gasteiger partial charge on any atom is 0.266 e. The molecule has 0 bridgehead atoms. The average Bonchev–Trinajstić information content (AvgIpc) is 3.02. The number of amides is 2. The van der Waals surface area contributed by atoms with Gasteiger partial charge >= 0.3 is 0 Å². The lowest BCUT2D eigenvalue weighted by atomic mass is 10.2. The Labute approximate surface area is 191 Å². The minimum Gasteiger partial charge on any atom is -0.494 e. The van der Waals surface area contributed by atoms with E-state index in [1.165, 1.54) is 16.7 Å². The van der Waals surface area contributed by atoms with Crippen molar-refractivity contribution in [3.05, 3.63) is 59.0 Å². The molecule has 0 aromatic heterocycles. The Kier molecular flexibility index (Phi) is 8.08. The van der Waals surface area contributed by atoms with E-state index in [-0.39, 0.29) is 24.8 Å². The Hall–Kier alpha value is -2.84. The molecule has 162 valence electrons. The zero-order valence-corrected chi connectivity index (χ0v) is 19.1. The third kappa shape index (κ3) is 6.08. The highest BCUT2D eigenvalue weighted by Crippen LogP contribution is 2.33. The van der Waals surface area contributed by atoms with Crippen LogP contribution in [-0.2, 0) is 9.59 Å². The monoisotopic (exact) mass is 456 g/mol. The Balaban J connectivity index is 1.59. The number of carbonyl (C=O) groups is 2. The molecule has 1 aliphatic rings. The van der Waals surface area contributed by atoms with Gasteiger partial charge in [0.15, 0.2) is 0 Å². The molecule has 2 amide bonds. The fourth-order valence-electron chi connectivity index (χ4n) is 2.95. The number of anilines is 1. The van der Waals surface area contributed by atoms with E-state index in [1.54, 1.807) is 18.2 Å². The summed E-state index contributed by atoms with van der Waals surface area (Å²) in [4.78, 5) is 27.2. The topological polar surface area (TPSA) is 67.9 Å². The standard InChI is InChI=1S/C23H24N2O4S2/c1-3-28-17-11-9-16(10-12-17)15-20-22(27)25(23(30)31-20)14-13-21(26)24-18-7-5-6-8-19(18)29-4-2/h5-12,15H,3-4,13-14H2,1-2H3,(H,24,26). The van der Waals surface area contributed by atoms with Gasteiger partial charge in [-0.15, -0.1) is 0 Å². The van der Waals surface area contributed by atoms with Crippen LogP contribution in [0, 0.1) is 0 Å². The number of benzene rings is 2. The molecule has 1 N–H and O–H groups in total. The fraction of sp³-hybridized carbons (Fsp3) is 0.261. The van der Waals surface area contributed by atoms with Gasteiger partial charge in [0.1, 0.15) is 15.8 Å². The Morgan fingerprint density at radius 1 is 1.10 bits per heavy atom. The van der Waals surface area contributed by atoms with Crippen molar-refractivity contribution in [3.63, 3.8) is 0 Å². The zero-order chi connectivity index (χ0) is 22.2. The molecule has 1 heterocycles. The molecule has 31 heavy (non-hydrogen) atoms. The van der Waals surface area contributed by atoms with Crippen molar-refractivity contribution in [2.45, 2.75) is 20.3 Å². The number of para-hydroxylation sites is 2. The van der Waals surface area contributed by atoms with E-state index in [0.717, 1.165) is 11.3 Å². The van der Waals surface area contributed by atoms with E-state index in [0.29, 0.717) is 33.9 Å². The van der Waals surface area contributed by atoms with Gasteiger partial charge in [-0.05, 0) is 49.8 Å². The summed E-state index contributed by atoms with van der Waals surface area (Å²) in [6.07, 6.45) is 1.93. The number of carbonyl (C=O) groups excluding carboxylic acids is 2. The van der Waals surface area contributed by atoms with Gasteiger partial charge in [-0.1, -0.05) is 48.2 Å². The highest BCUT2D eigenvalue weighted by molar-refractivity contribution is 8.26. The summed E-state index contributed by atoms with van der Waals surface area (Å²) in [5.41, 5.74) is 1.49. The number of hydrogen-bond acceptors (Lipinski definition) is 6. The van der Waals surface area contributed by atoms with Gasteiger partial charge in [-0.3, -0.25) is 14.5 Å². The van der Waals surface area contributed by atoms with Crippen LogP contribution in [-0.4, -0.2) is 40.8 Å². The smallest absolute Gasteiger partial charge is 0.266 e. The maximum atomic E-state index is 12.8. The van der Waals surface area contributed by atoms with E-state index in [2.05, 4.69) is 5.32 Å². The van der Waals surface area contributed by atoms with Crippen LogP contribution in [0.1, 0.15) is 25.8 Å². The molecule has 3 rings (SSSR count). The first-order valence-corrected chi connectivity index (χ1v) is 11.2. The molecule has 1 aliphatic heterocycles. The fourth-order valence-corrected chi connectivity index (χ4v) is 4.26. The summed E-state index contributed by atoms with van der Waals surface area (Å²) in [6.45, 7) is 5.13. The number of thioether (sulfide) groups is 1. The molecule has 1 fully saturated rings. The lowest BCUT2D eigenvalue weighted by Crippen LogP contribution is -2.31. The first kappa shape index (κ1) is 22.8. The van der Waals surface area contributed by atoms with Gasteiger partial charge in [0, 0.05) is 13.0 Å². The largest absolute Gasteiger partial charge is 0.494 e. The number of nitrogens with one attached hydrogen (secondary N) is 1. The van der Waals surface area contributed by atoms with Crippen molar-refractivity contribution in [2.24, 2.45) is 0 Å². The first-order chi connectivity index (χ1) is 15.0. The van der Waals surface area contributed by atoms with Crippen LogP contribution in [0.2, 0.25) is 0 Å². The maximum absolute atomic E-state index is 12.8. The molecular formula is C23H24N2O4S2. The van der Waals surface area contributed by atoms with Crippen LogP contribution in [0.15, 0.2) is 53.4 Å². The van der Waals surface area contributed by atoms with Crippen molar-refractivity contribution in [2.75, 3.05) is 25.1 Å². The molecule has 2 aromatic rings. The molecule has 0 aliphatic carbocycles. The summed E-state index contributed by atoms with van der Waals surface area (Å²) >= 11 is 6.60. The van der Waals surface area contributed by atoms with Crippen LogP contribution in [0.4, 0.5) is 5.69 Å². The third-order valence-corrected chi connectivity index (χ3v) is 5.76. The van der Waals surface area contributed by atoms with Crippen LogP contribution in [0.3, 0.4) is 0 Å². The van der Waals surface area contributed by atoms with E-state index in [4.69, 9.17) is 21.7 Å². The highest BCUT2D eigenvalue weighted by atomic mass is 32.2. The molecule has 2 aromatic carbocycles. The van der Waals surface area contributed by atoms with E-state index in [1.807, 2.05) is 50.2 Å². The van der Waals surface area contributed by atoms with Crippen molar-refractivity contribution in [3.8, 4) is 11.5 Å². The second kappa shape index (κ2) is 11.0. The number of ether oxygens (including phenoxy) is 2. The molecule has 0 spiro atoms. The Morgan fingerprint density at radius 2 is 1.81 bits per heavy atom. The number of rotatable bonds is 9. The molecular weight excluding hydrogens is 432 g/mol.